The SMILES string of the molecule is CCC(C)(CO)CNC(C)c1cccc([N+](=O)[O-])c1. The van der Waals surface area contributed by atoms with Crippen LogP contribution >= 0.6 is 0 Å². The Hall–Kier alpha value is -1.46. The van der Waals surface area contributed by atoms with Gasteiger partial charge in [0.05, 0.1) is 4.92 Å². The van der Waals surface area contributed by atoms with Crippen molar-refractivity contribution in [3.8, 4) is 0 Å². The zero-order chi connectivity index (χ0) is 14.5. The van der Waals surface area contributed by atoms with Crippen LogP contribution < -0.4 is 5.32 Å². The molecule has 0 heterocycles. The van der Waals surface area contributed by atoms with Gasteiger partial charge in [0.1, 0.15) is 0 Å². The molecule has 0 saturated carbocycles. The number of nitro groups is 1. The molecule has 0 saturated heterocycles. The largest absolute Gasteiger partial charge is 0.396 e. The van der Waals surface area contributed by atoms with Gasteiger partial charge in [-0.2, -0.15) is 0 Å². The monoisotopic (exact) mass is 266 g/mol. The van der Waals surface area contributed by atoms with Crippen molar-refractivity contribution in [3.05, 3.63) is 39.9 Å². The second-order valence-electron chi connectivity index (χ2n) is 5.28. The molecule has 1 aromatic carbocycles. The first-order valence-electron chi connectivity index (χ1n) is 6.50. The summed E-state index contributed by atoms with van der Waals surface area (Å²) in [5, 5.41) is 23.4. The van der Waals surface area contributed by atoms with Crippen molar-refractivity contribution in [1.29, 1.82) is 0 Å². The minimum atomic E-state index is -0.389. The first-order valence-corrected chi connectivity index (χ1v) is 6.50. The number of benzene rings is 1. The fourth-order valence-electron chi connectivity index (χ4n) is 1.72. The van der Waals surface area contributed by atoms with Crippen molar-refractivity contribution < 1.29 is 10.0 Å². The van der Waals surface area contributed by atoms with E-state index in [0.29, 0.717) is 6.54 Å². The zero-order valence-corrected chi connectivity index (χ0v) is 11.7. The van der Waals surface area contributed by atoms with Crippen LogP contribution in [-0.2, 0) is 0 Å². The van der Waals surface area contributed by atoms with Crippen molar-refractivity contribution in [2.24, 2.45) is 5.41 Å². The Morgan fingerprint density at radius 3 is 2.74 bits per heavy atom. The van der Waals surface area contributed by atoms with Crippen molar-refractivity contribution in [3.63, 3.8) is 0 Å². The maximum atomic E-state index is 10.7. The minimum Gasteiger partial charge on any atom is -0.396 e. The number of nitrogens with zero attached hydrogens (tertiary/aromatic N) is 1. The Kier molecular flexibility index (Phi) is 5.44. The summed E-state index contributed by atoms with van der Waals surface area (Å²) in [6, 6.07) is 6.64. The Balaban J connectivity index is 2.70. The predicted molar refractivity (Wildman–Crippen MR) is 75.0 cm³/mol. The van der Waals surface area contributed by atoms with Gasteiger partial charge in [-0.05, 0) is 18.9 Å². The normalized spacial score (nSPS) is 15.8. The highest BCUT2D eigenvalue weighted by molar-refractivity contribution is 5.35. The Bertz CT molecular complexity index is 430. The minimum absolute atomic E-state index is 0.0114. The number of aliphatic hydroxyl groups excluding tert-OH is 1. The van der Waals surface area contributed by atoms with E-state index in [4.69, 9.17) is 0 Å². The highest BCUT2D eigenvalue weighted by Gasteiger charge is 2.22. The van der Waals surface area contributed by atoms with Crippen molar-refractivity contribution in [1.82, 2.24) is 5.32 Å². The van der Waals surface area contributed by atoms with Gasteiger partial charge >= 0.3 is 0 Å². The topological polar surface area (TPSA) is 75.4 Å². The van der Waals surface area contributed by atoms with Crippen molar-refractivity contribution in [2.75, 3.05) is 13.2 Å². The zero-order valence-electron chi connectivity index (χ0n) is 11.7. The Morgan fingerprint density at radius 1 is 1.53 bits per heavy atom. The van der Waals surface area contributed by atoms with Crippen LogP contribution in [0.2, 0.25) is 0 Å². The van der Waals surface area contributed by atoms with E-state index in [1.807, 2.05) is 26.8 Å². The van der Waals surface area contributed by atoms with E-state index in [2.05, 4.69) is 5.32 Å². The predicted octanol–water partition coefficient (Wildman–Crippen LogP) is 2.65. The van der Waals surface area contributed by atoms with Gasteiger partial charge in [0, 0.05) is 36.7 Å². The Labute approximate surface area is 113 Å². The van der Waals surface area contributed by atoms with E-state index in [1.165, 1.54) is 6.07 Å². The molecular weight excluding hydrogens is 244 g/mol. The van der Waals surface area contributed by atoms with Crippen LogP contribution in [0.5, 0.6) is 0 Å². The van der Waals surface area contributed by atoms with Gasteiger partial charge in [0.25, 0.3) is 5.69 Å². The molecule has 2 atom stereocenters. The van der Waals surface area contributed by atoms with Gasteiger partial charge in [-0.15, -0.1) is 0 Å². The van der Waals surface area contributed by atoms with E-state index in [0.717, 1.165) is 12.0 Å². The van der Waals surface area contributed by atoms with E-state index in [9.17, 15) is 15.2 Å². The number of hydrogen-bond acceptors (Lipinski definition) is 4. The molecule has 0 aliphatic carbocycles. The van der Waals surface area contributed by atoms with Crippen LogP contribution in [0, 0.1) is 15.5 Å². The lowest BCUT2D eigenvalue weighted by Crippen LogP contribution is -2.35. The lowest BCUT2D eigenvalue weighted by molar-refractivity contribution is -0.384. The fraction of sp³-hybridized carbons (Fsp3) is 0.571. The van der Waals surface area contributed by atoms with Gasteiger partial charge in [0.2, 0.25) is 0 Å². The van der Waals surface area contributed by atoms with Crippen molar-refractivity contribution >= 4 is 5.69 Å². The average molecular weight is 266 g/mol. The Morgan fingerprint density at radius 2 is 2.21 bits per heavy atom. The molecular formula is C14H22N2O3. The van der Waals surface area contributed by atoms with E-state index < -0.39 is 0 Å². The molecule has 19 heavy (non-hydrogen) atoms. The average Bonchev–Trinajstić information content (AvgIpc) is 2.44. The molecule has 0 aliphatic heterocycles. The van der Waals surface area contributed by atoms with E-state index >= 15 is 0 Å². The molecule has 0 radical (unpaired) electrons. The maximum absolute atomic E-state index is 10.7. The summed E-state index contributed by atoms with van der Waals surface area (Å²) < 4.78 is 0. The maximum Gasteiger partial charge on any atom is 0.269 e. The van der Waals surface area contributed by atoms with Crippen LogP contribution in [0.15, 0.2) is 24.3 Å². The van der Waals surface area contributed by atoms with Crippen LogP contribution in [0.4, 0.5) is 5.69 Å². The highest BCUT2D eigenvalue weighted by atomic mass is 16.6. The van der Waals surface area contributed by atoms with Gasteiger partial charge < -0.3 is 10.4 Å². The van der Waals surface area contributed by atoms with Crippen LogP contribution in [-0.4, -0.2) is 23.2 Å². The molecule has 2 N–H and O–H groups in total. The number of nitro benzene ring substituents is 1. The second kappa shape index (κ2) is 6.63. The fourth-order valence-corrected chi connectivity index (χ4v) is 1.72. The first-order chi connectivity index (χ1) is 8.91. The molecule has 0 amide bonds. The highest BCUT2D eigenvalue weighted by Crippen LogP contribution is 2.22. The van der Waals surface area contributed by atoms with Crippen molar-refractivity contribution in [2.45, 2.75) is 33.2 Å². The molecule has 0 aliphatic rings. The lowest BCUT2D eigenvalue weighted by atomic mass is 9.88. The summed E-state index contributed by atoms with van der Waals surface area (Å²) in [5.41, 5.74) is 0.826. The standard InChI is InChI=1S/C14H22N2O3/c1-4-14(3,10-17)9-15-11(2)12-6-5-7-13(8-12)16(18)19/h5-8,11,15,17H,4,9-10H2,1-3H3. The molecule has 0 aromatic heterocycles. The third kappa shape index (κ3) is 4.29. The second-order valence-corrected chi connectivity index (χ2v) is 5.28. The summed E-state index contributed by atoms with van der Waals surface area (Å²) >= 11 is 0. The molecule has 0 spiro atoms. The smallest absolute Gasteiger partial charge is 0.269 e. The molecule has 5 nitrogen and oxygen atoms in total. The van der Waals surface area contributed by atoms with Gasteiger partial charge in [-0.1, -0.05) is 26.0 Å². The number of hydrogen-bond donors (Lipinski definition) is 2. The van der Waals surface area contributed by atoms with E-state index in [-0.39, 0.29) is 28.7 Å². The molecule has 5 heteroatoms. The molecule has 0 bridgehead atoms. The van der Waals surface area contributed by atoms with Crippen LogP contribution in [0.25, 0.3) is 0 Å². The third-order valence-corrected chi connectivity index (χ3v) is 3.65. The quantitative estimate of drug-likeness (QED) is 0.587. The molecule has 0 fully saturated rings. The molecule has 1 aromatic rings. The lowest BCUT2D eigenvalue weighted by Gasteiger charge is -2.28. The van der Waals surface area contributed by atoms with Crippen LogP contribution in [0.1, 0.15) is 38.8 Å². The number of rotatable bonds is 7. The number of nitrogens with one attached hydrogen (secondary N) is 1. The van der Waals surface area contributed by atoms with E-state index in [1.54, 1.807) is 12.1 Å². The number of non-ortho nitro benzene ring substituents is 1. The molecule has 106 valence electrons. The summed E-state index contributed by atoms with van der Waals surface area (Å²) in [4.78, 5) is 10.3. The summed E-state index contributed by atoms with van der Waals surface area (Å²) in [7, 11) is 0. The van der Waals surface area contributed by atoms with Gasteiger partial charge in [-0.3, -0.25) is 10.1 Å². The van der Waals surface area contributed by atoms with Gasteiger partial charge in [-0.25, -0.2) is 0 Å². The first kappa shape index (κ1) is 15.6. The number of aliphatic hydroxyl groups is 1. The summed E-state index contributed by atoms with van der Waals surface area (Å²) in [6.45, 7) is 6.81. The molecule has 1 rings (SSSR count). The third-order valence-electron chi connectivity index (χ3n) is 3.65. The molecule has 2 unspecified atom stereocenters. The van der Waals surface area contributed by atoms with Gasteiger partial charge in [0.15, 0.2) is 0 Å². The summed E-state index contributed by atoms with van der Waals surface area (Å²) in [5.74, 6) is 0. The summed E-state index contributed by atoms with van der Waals surface area (Å²) in [6.07, 6.45) is 0.873. The van der Waals surface area contributed by atoms with Crippen LogP contribution in [0.3, 0.4) is 0 Å².